The van der Waals surface area contributed by atoms with Gasteiger partial charge in [-0.25, -0.2) is 0 Å². The molecule has 2 aliphatic heterocycles. The Balaban J connectivity index is 1.96. The molecule has 2 atom stereocenters. The van der Waals surface area contributed by atoms with Crippen LogP contribution in [0.5, 0.6) is 0 Å². The highest BCUT2D eigenvalue weighted by molar-refractivity contribution is 5.36. The number of hydrogen-bond acceptors (Lipinski definition) is 3. The van der Waals surface area contributed by atoms with Crippen LogP contribution in [-0.4, -0.2) is 23.9 Å². The molecule has 0 spiro atoms. The van der Waals surface area contributed by atoms with Crippen LogP contribution >= 0.6 is 0 Å². The average Bonchev–Trinajstić information content (AvgIpc) is 2.84. The minimum absolute atomic E-state index is 0.0381. The third-order valence-electron chi connectivity index (χ3n) is 3.43. The van der Waals surface area contributed by atoms with Crippen LogP contribution < -0.4 is 5.32 Å². The van der Waals surface area contributed by atoms with Crippen molar-refractivity contribution in [2.75, 3.05) is 13.2 Å². The third kappa shape index (κ3) is 1.39. The number of ether oxygens (including phenoxy) is 1. The molecule has 2 unspecified atom stereocenters. The van der Waals surface area contributed by atoms with Gasteiger partial charge in [0.1, 0.15) is 5.60 Å². The van der Waals surface area contributed by atoms with Crippen molar-refractivity contribution in [2.24, 2.45) is 0 Å². The van der Waals surface area contributed by atoms with Crippen molar-refractivity contribution in [3.63, 3.8) is 0 Å². The molecule has 1 aromatic carbocycles. The first-order valence-corrected chi connectivity index (χ1v) is 5.41. The van der Waals surface area contributed by atoms with E-state index in [9.17, 15) is 5.11 Å². The second-order valence-electron chi connectivity index (χ2n) is 4.42. The zero-order valence-corrected chi connectivity index (χ0v) is 8.57. The van der Waals surface area contributed by atoms with Crippen LogP contribution in [0.4, 0.5) is 0 Å². The van der Waals surface area contributed by atoms with Gasteiger partial charge in [0, 0.05) is 19.6 Å². The van der Waals surface area contributed by atoms with Crippen LogP contribution in [-0.2, 0) is 11.3 Å². The van der Waals surface area contributed by atoms with Crippen molar-refractivity contribution in [3.05, 3.63) is 35.4 Å². The highest BCUT2D eigenvalue weighted by Crippen LogP contribution is 2.37. The molecule has 2 N–H and O–H groups in total. The van der Waals surface area contributed by atoms with Crippen molar-refractivity contribution in [1.29, 1.82) is 0 Å². The van der Waals surface area contributed by atoms with Gasteiger partial charge in [-0.2, -0.15) is 0 Å². The number of hydrogen-bond donors (Lipinski definition) is 2. The Labute approximate surface area is 89.1 Å². The van der Waals surface area contributed by atoms with E-state index in [2.05, 4.69) is 17.4 Å². The van der Waals surface area contributed by atoms with Crippen molar-refractivity contribution in [2.45, 2.75) is 24.6 Å². The summed E-state index contributed by atoms with van der Waals surface area (Å²) in [5.41, 5.74) is 1.81. The lowest BCUT2D eigenvalue weighted by Gasteiger charge is -2.28. The molecule has 0 aliphatic carbocycles. The standard InChI is InChI=1S/C12H15NO2/c14-12(5-6-15-8-12)11-10-4-2-1-3-9(10)7-13-11/h1-4,11,13-14H,5-8H2. The molecule has 2 heterocycles. The van der Waals surface area contributed by atoms with Gasteiger partial charge in [-0.05, 0) is 11.1 Å². The van der Waals surface area contributed by atoms with Crippen LogP contribution in [0.15, 0.2) is 24.3 Å². The fourth-order valence-electron chi connectivity index (χ4n) is 2.58. The SMILES string of the molecule is OC1(C2NCc3ccccc32)CCOC1. The van der Waals surface area contributed by atoms with Gasteiger partial charge in [-0.15, -0.1) is 0 Å². The zero-order valence-electron chi connectivity index (χ0n) is 8.57. The van der Waals surface area contributed by atoms with Crippen LogP contribution in [0.2, 0.25) is 0 Å². The van der Waals surface area contributed by atoms with E-state index in [1.54, 1.807) is 0 Å². The molecular formula is C12H15NO2. The van der Waals surface area contributed by atoms with Gasteiger partial charge in [0.25, 0.3) is 0 Å². The number of fused-ring (bicyclic) bond motifs is 1. The van der Waals surface area contributed by atoms with Crippen LogP contribution in [0, 0.1) is 0 Å². The fraction of sp³-hybridized carbons (Fsp3) is 0.500. The largest absolute Gasteiger partial charge is 0.385 e. The molecule has 3 rings (SSSR count). The number of aliphatic hydroxyl groups is 1. The van der Waals surface area contributed by atoms with Gasteiger partial charge in [-0.1, -0.05) is 24.3 Å². The molecule has 80 valence electrons. The highest BCUT2D eigenvalue weighted by atomic mass is 16.5. The van der Waals surface area contributed by atoms with E-state index in [0.29, 0.717) is 13.2 Å². The van der Waals surface area contributed by atoms with Gasteiger partial charge in [0.2, 0.25) is 0 Å². The Hall–Kier alpha value is -0.900. The molecule has 1 aromatic rings. The Morgan fingerprint density at radius 1 is 1.40 bits per heavy atom. The minimum Gasteiger partial charge on any atom is -0.385 e. The van der Waals surface area contributed by atoms with E-state index >= 15 is 0 Å². The molecule has 15 heavy (non-hydrogen) atoms. The quantitative estimate of drug-likeness (QED) is 0.718. The lowest BCUT2D eigenvalue weighted by molar-refractivity contribution is -0.00495. The Bertz CT molecular complexity index is 372. The van der Waals surface area contributed by atoms with Crippen molar-refractivity contribution in [1.82, 2.24) is 5.32 Å². The van der Waals surface area contributed by atoms with Crippen molar-refractivity contribution < 1.29 is 9.84 Å². The predicted octanol–water partition coefficient (Wildman–Crippen LogP) is 0.982. The molecule has 0 bridgehead atoms. The lowest BCUT2D eigenvalue weighted by atomic mass is 9.88. The van der Waals surface area contributed by atoms with E-state index in [0.717, 1.165) is 13.0 Å². The van der Waals surface area contributed by atoms with Crippen LogP contribution in [0.25, 0.3) is 0 Å². The van der Waals surface area contributed by atoms with Gasteiger partial charge in [-0.3, -0.25) is 0 Å². The second-order valence-corrected chi connectivity index (χ2v) is 4.42. The molecule has 0 amide bonds. The molecule has 0 aromatic heterocycles. The van der Waals surface area contributed by atoms with E-state index < -0.39 is 5.60 Å². The molecule has 2 aliphatic rings. The summed E-state index contributed by atoms with van der Waals surface area (Å²) < 4.78 is 5.30. The minimum atomic E-state index is -0.716. The number of rotatable bonds is 1. The van der Waals surface area contributed by atoms with Crippen molar-refractivity contribution in [3.8, 4) is 0 Å². The summed E-state index contributed by atoms with van der Waals surface area (Å²) in [6.45, 7) is 1.96. The summed E-state index contributed by atoms with van der Waals surface area (Å²) in [5.74, 6) is 0. The molecule has 3 nitrogen and oxygen atoms in total. The maximum atomic E-state index is 10.5. The Morgan fingerprint density at radius 3 is 3.07 bits per heavy atom. The Kier molecular flexibility index (Phi) is 2.06. The monoisotopic (exact) mass is 205 g/mol. The summed E-state index contributed by atoms with van der Waals surface area (Å²) in [6.07, 6.45) is 0.721. The molecule has 1 saturated heterocycles. The first-order chi connectivity index (χ1) is 7.30. The van der Waals surface area contributed by atoms with E-state index in [-0.39, 0.29) is 6.04 Å². The summed E-state index contributed by atoms with van der Waals surface area (Å²) in [6, 6.07) is 8.31. The average molecular weight is 205 g/mol. The fourth-order valence-corrected chi connectivity index (χ4v) is 2.58. The van der Waals surface area contributed by atoms with E-state index in [4.69, 9.17) is 4.74 Å². The zero-order chi connectivity index (χ0) is 10.3. The van der Waals surface area contributed by atoms with Gasteiger partial charge >= 0.3 is 0 Å². The van der Waals surface area contributed by atoms with Crippen molar-refractivity contribution >= 4 is 0 Å². The lowest BCUT2D eigenvalue weighted by Crippen LogP contribution is -2.41. The van der Waals surface area contributed by atoms with Crippen LogP contribution in [0.1, 0.15) is 23.6 Å². The topological polar surface area (TPSA) is 41.5 Å². The van der Waals surface area contributed by atoms with E-state index in [1.807, 2.05) is 12.1 Å². The summed E-state index contributed by atoms with van der Waals surface area (Å²) >= 11 is 0. The number of nitrogens with one attached hydrogen (secondary N) is 1. The predicted molar refractivity (Wildman–Crippen MR) is 56.4 cm³/mol. The Morgan fingerprint density at radius 2 is 2.27 bits per heavy atom. The first kappa shape index (κ1) is 9.33. The molecular weight excluding hydrogens is 190 g/mol. The van der Waals surface area contributed by atoms with Crippen LogP contribution in [0.3, 0.4) is 0 Å². The van der Waals surface area contributed by atoms with Gasteiger partial charge in [0.15, 0.2) is 0 Å². The summed E-state index contributed by atoms with van der Waals surface area (Å²) in [4.78, 5) is 0. The van der Waals surface area contributed by atoms with E-state index in [1.165, 1.54) is 11.1 Å². The highest BCUT2D eigenvalue weighted by Gasteiger charge is 2.43. The normalized spacial score (nSPS) is 34.3. The summed E-state index contributed by atoms with van der Waals surface area (Å²) in [7, 11) is 0. The summed E-state index contributed by atoms with van der Waals surface area (Å²) in [5, 5.41) is 13.8. The smallest absolute Gasteiger partial charge is 0.109 e. The van der Waals surface area contributed by atoms with Gasteiger partial charge in [0.05, 0.1) is 12.6 Å². The first-order valence-electron chi connectivity index (χ1n) is 5.41. The molecule has 1 fully saturated rings. The van der Waals surface area contributed by atoms with Gasteiger partial charge < -0.3 is 15.2 Å². The molecule has 0 saturated carbocycles. The third-order valence-corrected chi connectivity index (χ3v) is 3.43. The number of benzene rings is 1. The molecule has 0 radical (unpaired) electrons. The second kappa shape index (κ2) is 3.30. The molecule has 3 heteroatoms. The maximum Gasteiger partial charge on any atom is 0.109 e. The maximum absolute atomic E-state index is 10.5.